The van der Waals surface area contributed by atoms with Crippen LogP contribution in [0.4, 0.5) is 5.69 Å². The van der Waals surface area contributed by atoms with Gasteiger partial charge in [0.05, 0.1) is 16.3 Å². The monoisotopic (exact) mass is 245 g/mol. The zero-order chi connectivity index (χ0) is 11.5. The van der Waals surface area contributed by atoms with E-state index in [0.29, 0.717) is 11.4 Å². The van der Waals surface area contributed by atoms with Gasteiger partial charge in [-0.2, -0.15) is 11.8 Å². The Morgan fingerprint density at radius 1 is 1.40 bits per heavy atom. The van der Waals surface area contributed by atoms with Crippen LogP contribution in [0.15, 0.2) is 23.1 Å². The Kier molecular flexibility index (Phi) is 4.04. The molecule has 0 saturated carbocycles. The standard InChI is InChI=1S/C10H15NO2S2/c1-8-4-3-5-9(10(8)11)15(12,13)7-6-14-2/h3-5H,6-7,11H2,1-2H3. The molecule has 0 unspecified atom stereocenters. The van der Waals surface area contributed by atoms with Gasteiger partial charge in [0, 0.05) is 5.75 Å². The minimum atomic E-state index is -3.22. The Balaban J connectivity index is 3.10. The molecule has 0 saturated heterocycles. The topological polar surface area (TPSA) is 60.2 Å². The summed E-state index contributed by atoms with van der Waals surface area (Å²) in [5.41, 5.74) is 6.93. The predicted molar refractivity (Wildman–Crippen MR) is 66.0 cm³/mol. The third-order valence-electron chi connectivity index (χ3n) is 2.18. The summed E-state index contributed by atoms with van der Waals surface area (Å²) < 4.78 is 23.7. The lowest BCUT2D eigenvalue weighted by molar-refractivity contribution is 0.598. The minimum absolute atomic E-state index is 0.141. The van der Waals surface area contributed by atoms with Crippen LogP contribution in [0.3, 0.4) is 0 Å². The van der Waals surface area contributed by atoms with Crippen LogP contribution in [0.5, 0.6) is 0 Å². The van der Waals surface area contributed by atoms with Crippen molar-refractivity contribution in [2.75, 3.05) is 23.5 Å². The van der Waals surface area contributed by atoms with Gasteiger partial charge in [0.25, 0.3) is 0 Å². The van der Waals surface area contributed by atoms with E-state index in [1.807, 2.05) is 19.2 Å². The maximum absolute atomic E-state index is 11.9. The molecule has 0 spiro atoms. The number of nitrogens with two attached hydrogens (primary N) is 1. The van der Waals surface area contributed by atoms with E-state index in [1.54, 1.807) is 12.1 Å². The van der Waals surface area contributed by atoms with Crippen molar-refractivity contribution < 1.29 is 8.42 Å². The van der Waals surface area contributed by atoms with Gasteiger partial charge in [0.2, 0.25) is 0 Å². The van der Waals surface area contributed by atoms with Crippen molar-refractivity contribution in [1.82, 2.24) is 0 Å². The third-order valence-corrected chi connectivity index (χ3v) is 4.81. The number of aryl methyl sites for hydroxylation is 1. The molecule has 1 rings (SSSR count). The highest BCUT2D eigenvalue weighted by Gasteiger charge is 2.17. The Morgan fingerprint density at radius 3 is 2.67 bits per heavy atom. The number of para-hydroxylation sites is 1. The zero-order valence-corrected chi connectivity index (χ0v) is 10.5. The molecule has 0 radical (unpaired) electrons. The van der Waals surface area contributed by atoms with Gasteiger partial charge in [-0.15, -0.1) is 0 Å². The van der Waals surface area contributed by atoms with Crippen molar-refractivity contribution >= 4 is 27.3 Å². The van der Waals surface area contributed by atoms with E-state index in [1.165, 1.54) is 11.8 Å². The van der Waals surface area contributed by atoms with Crippen molar-refractivity contribution in [3.63, 3.8) is 0 Å². The molecular weight excluding hydrogens is 230 g/mol. The van der Waals surface area contributed by atoms with E-state index in [9.17, 15) is 8.42 Å². The minimum Gasteiger partial charge on any atom is -0.397 e. The SMILES string of the molecule is CSCCS(=O)(=O)c1cccc(C)c1N. The van der Waals surface area contributed by atoms with E-state index in [2.05, 4.69) is 0 Å². The molecule has 5 heteroatoms. The second kappa shape index (κ2) is 4.90. The van der Waals surface area contributed by atoms with Crippen LogP contribution < -0.4 is 5.73 Å². The lowest BCUT2D eigenvalue weighted by Gasteiger charge is -2.08. The van der Waals surface area contributed by atoms with Crippen molar-refractivity contribution in [3.05, 3.63) is 23.8 Å². The smallest absolute Gasteiger partial charge is 0.181 e. The van der Waals surface area contributed by atoms with Gasteiger partial charge in [0.15, 0.2) is 9.84 Å². The Hall–Kier alpha value is -0.680. The van der Waals surface area contributed by atoms with E-state index < -0.39 is 9.84 Å². The first-order valence-corrected chi connectivity index (χ1v) is 7.60. The molecule has 0 aliphatic carbocycles. The van der Waals surface area contributed by atoms with Gasteiger partial charge in [-0.25, -0.2) is 8.42 Å². The summed E-state index contributed by atoms with van der Waals surface area (Å²) in [5.74, 6) is 0.734. The van der Waals surface area contributed by atoms with E-state index in [0.717, 1.165) is 5.56 Å². The molecule has 0 aliphatic heterocycles. The number of anilines is 1. The molecule has 1 aromatic carbocycles. The lowest BCUT2D eigenvalue weighted by atomic mass is 10.2. The molecule has 1 aromatic rings. The third kappa shape index (κ3) is 2.89. The van der Waals surface area contributed by atoms with Crippen molar-refractivity contribution in [2.24, 2.45) is 0 Å². The molecule has 0 amide bonds. The summed E-state index contributed by atoms with van der Waals surface area (Å²) >= 11 is 1.51. The number of nitrogen functional groups attached to an aromatic ring is 1. The quantitative estimate of drug-likeness (QED) is 0.820. The molecule has 0 heterocycles. The number of hydrogen-bond donors (Lipinski definition) is 1. The number of sulfone groups is 1. The zero-order valence-electron chi connectivity index (χ0n) is 8.86. The van der Waals surface area contributed by atoms with E-state index in [-0.39, 0.29) is 10.6 Å². The number of hydrogen-bond acceptors (Lipinski definition) is 4. The Morgan fingerprint density at radius 2 is 2.07 bits per heavy atom. The molecule has 2 N–H and O–H groups in total. The fourth-order valence-electron chi connectivity index (χ4n) is 1.23. The van der Waals surface area contributed by atoms with Crippen LogP contribution >= 0.6 is 11.8 Å². The molecule has 0 atom stereocenters. The van der Waals surface area contributed by atoms with Crippen LogP contribution in [0.1, 0.15) is 5.56 Å². The lowest BCUT2D eigenvalue weighted by Crippen LogP contribution is -2.11. The summed E-state index contributed by atoms with van der Waals surface area (Å²) in [4.78, 5) is 0.261. The van der Waals surface area contributed by atoms with Crippen LogP contribution in [-0.2, 0) is 9.84 Å². The molecule has 3 nitrogen and oxygen atoms in total. The summed E-state index contributed by atoms with van der Waals surface area (Å²) in [6.07, 6.45) is 1.88. The first-order chi connectivity index (χ1) is 6.99. The second-order valence-corrected chi connectivity index (χ2v) is 6.36. The predicted octanol–water partition coefficient (Wildman–Crippen LogP) is 1.71. The molecule has 84 valence electrons. The van der Waals surface area contributed by atoms with E-state index in [4.69, 9.17) is 5.73 Å². The van der Waals surface area contributed by atoms with Gasteiger partial charge in [-0.3, -0.25) is 0 Å². The number of thioether (sulfide) groups is 1. The number of rotatable bonds is 4. The first kappa shape index (κ1) is 12.4. The Bertz CT molecular complexity index is 441. The van der Waals surface area contributed by atoms with Crippen molar-refractivity contribution in [2.45, 2.75) is 11.8 Å². The van der Waals surface area contributed by atoms with Gasteiger partial charge >= 0.3 is 0 Å². The van der Waals surface area contributed by atoms with E-state index >= 15 is 0 Å². The second-order valence-electron chi connectivity index (χ2n) is 3.30. The average Bonchev–Trinajstić information content (AvgIpc) is 2.19. The fourth-order valence-corrected chi connectivity index (χ4v) is 3.77. The molecule has 0 bridgehead atoms. The Labute approximate surface area is 95.0 Å². The first-order valence-electron chi connectivity index (χ1n) is 4.56. The summed E-state index contributed by atoms with van der Waals surface area (Å²) in [7, 11) is -3.22. The molecule has 15 heavy (non-hydrogen) atoms. The van der Waals surface area contributed by atoms with Crippen molar-refractivity contribution in [3.8, 4) is 0 Å². The normalized spacial score (nSPS) is 11.6. The highest BCUT2D eigenvalue weighted by Crippen LogP contribution is 2.23. The molecular formula is C10H15NO2S2. The largest absolute Gasteiger partial charge is 0.397 e. The van der Waals surface area contributed by atoms with Gasteiger partial charge in [-0.05, 0) is 24.8 Å². The maximum atomic E-state index is 11.9. The van der Waals surface area contributed by atoms with Gasteiger partial charge in [-0.1, -0.05) is 12.1 Å². The highest BCUT2D eigenvalue weighted by atomic mass is 32.2. The molecule has 0 aromatic heterocycles. The van der Waals surface area contributed by atoms with Gasteiger partial charge < -0.3 is 5.73 Å². The van der Waals surface area contributed by atoms with Crippen LogP contribution in [-0.4, -0.2) is 26.2 Å². The maximum Gasteiger partial charge on any atom is 0.181 e. The molecule has 0 aliphatic rings. The summed E-state index contributed by atoms with van der Waals surface area (Å²) in [6.45, 7) is 1.81. The fraction of sp³-hybridized carbons (Fsp3) is 0.400. The molecule has 0 fully saturated rings. The highest BCUT2D eigenvalue weighted by molar-refractivity contribution is 8.00. The average molecular weight is 245 g/mol. The van der Waals surface area contributed by atoms with Crippen LogP contribution in [0.25, 0.3) is 0 Å². The van der Waals surface area contributed by atoms with Crippen molar-refractivity contribution in [1.29, 1.82) is 0 Å². The number of benzene rings is 1. The summed E-state index contributed by atoms with van der Waals surface area (Å²) in [5, 5.41) is 0. The summed E-state index contributed by atoms with van der Waals surface area (Å²) in [6, 6.07) is 5.10. The van der Waals surface area contributed by atoms with Crippen LogP contribution in [0.2, 0.25) is 0 Å². The van der Waals surface area contributed by atoms with Crippen LogP contribution in [0, 0.1) is 6.92 Å². The van der Waals surface area contributed by atoms with Gasteiger partial charge in [0.1, 0.15) is 0 Å².